The molecule has 0 saturated carbocycles. The fraction of sp³-hybridized carbons (Fsp3) is 0.200. The average Bonchev–Trinajstić information content (AvgIpc) is 2.41. The van der Waals surface area contributed by atoms with Crippen LogP contribution in [0, 0.1) is 12.7 Å². The summed E-state index contributed by atoms with van der Waals surface area (Å²) in [7, 11) is 0. The van der Waals surface area contributed by atoms with Crippen LogP contribution in [0.15, 0.2) is 42.6 Å². The number of rotatable bonds is 3. The minimum Gasteiger partial charge on any atom is -0.293 e. The molecule has 1 unspecified atom stereocenters. The number of hydrogen-bond donors (Lipinski definition) is 0. The first-order valence-electron chi connectivity index (χ1n) is 5.81. The number of carbonyl (C=O) groups excluding carboxylic acids is 1. The summed E-state index contributed by atoms with van der Waals surface area (Å²) in [5, 5.41) is 0. The number of carbonyl (C=O) groups is 1. The van der Waals surface area contributed by atoms with Gasteiger partial charge in [0.15, 0.2) is 5.78 Å². The molecule has 1 atom stereocenters. The van der Waals surface area contributed by atoms with Gasteiger partial charge in [0.2, 0.25) is 0 Å². The molecule has 3 heteroatoms. The molecule has 2 rings (SSSR count). The Morgan fingerprint density at radius 3 is 2.72 bits per heavy atom. The Labute approximate surface area is 105 Å². The Hall–Kier alpha value is -2.03. The summed E-state index contributed by atoms with van der Waals surface area (Å²) >= 11 is 0. The molecular formula is C15H14FNO. The lowest BCUT2D eigenvalue weighted by atomic mass is 9.94. The van der Waals surface area contributed by atoms with E-state index >= 15 is 0 Å². The number of nitrogens with zero attached hydrogens (tertiary/aromatic N) is 1. The first-order valence-corrected chi connectivity index (χ1v) is 5.81. The van der Waals surface area contributed by atoms with Crippen molar-refractivity contribution >= 4 is 5.78 Å². The highest BCUT2D eigenvalue weighted by molar-refractivity contribution is 6.00. The summed E-state index contributed by atoms with van der Waals surface area (Å²) in [5.41, 5.74) is 1.66. The number of pyridine rings is 1. The van der Waals surface area contributed by atoms with E-state index in [1.54, 1.807) is 37.4 Å². The van der Waals surface area contributed by atoms with Gasteiger partial charge in [0, 0.05) is 6.20 Å². The second-order valence-electron chi connectivity index (χ2n) is 4.32. The zero-order valence-corrected chi connectivity index (χ0v) is 10.4. The molecule has 0 radical (unpaired) electrons. The van der Waals surface area contributed by atoms with E-state index < -0.39 is 11.7 Å². The zero-order chi connectivity index (χ0) is 13.1. The predicted octanol–water partition coefficient (Wildman–Crippen LogP) is 3.52. The van der Waals surface area contributed by atoms with E-state index in [2.05, 4.69) is 4.98 Å². The third-order valence-electron chi connectivity index (χ3n) is 2.91. The molecule has 1 aromatic heterocycles. The van der Waals surface area contributed by atoms with Crippen molar-refractivity contribution < 1.29 is 9.18 Å². The van der Waals surface area contributed by atoms with E-state index in [-0.39, 0.29) is 11.3 Å². The Morgan fingerprint density at radius 2 is 2.06 bits per heavy atom. The van der Waals surface area contributed by atoms with Crippen molar-refractivity contribution in [2.24, 2.45) is 0 Å². The summed E-state index contributed by atoms with van der Waals surface area (Å²) in [6, 6.07) is 9.94. The molecule has 0 bridgehead atoms. The number of benzene rings is 1. The van der Waals surface area contributed by atoms with Crippen LogP contribution in [0.5, 0.6) is 0 Å². The van der Waals surface area contributed by atoms with Crippen LogP contribution < -0.4 is 0 Å². The second kappa shape index (κ2) is 5.08. The van der Waals surface area contributed by atoms with Crippen molar-refractivity contribution in [2.75, 3.05) is 0 Å². The van der Waals surface area contributed by atoms with Crippen LogP contribution in [0.4, 0.5) is 4.39 Å². The topological polar surface area (TPSA) is 30.0 Å². The quantitative estimate of drug-likeness (QED) is 0.772. The van der Waals surface area contributed by atoms with Crippen molar-refractivity contribution in [3.63, 3.8) is 0 Å². The number of aromatic nitrogens is 1. The van der Waals surface area contributed by atoms with Gasteiger partial charge < -0.3 is 0 Å². The minimum atomic E-state index is -0.478. The van der Waals surface area contributed by atoms with Gasteiger partial charge in [0.1, 0.15) is 5.82 Å². The third kappa shape index (κ3) is 2.45. The van der Waals surface area contributed by atoms with Gasteiger partial charge in [-0.1, -0.05) is 17.7 Å². The van der Waals surface area contributed by atoms with Crippen LogP contribution in [0.1, 0.15) is 34.5 Å². The van der Waals surface area contributed by atoms with Crippen LogP contribution in [-0.2, 0) is 0 Å². The second-order valence-corrected chi connectivity index (χ2v) is 4.32. The fourth-order valence-corrected chi connectivity index (χ4v) is 1.83. The standard InChI is InChI=1S/C15H14FNO/c1-10-6-7-13(16)12(9-10)15(18)11(2)14-5-3-4-8-17-14/h3-9,11H,1-2H3. The molecule has 0 aliphatic rings. The van der Waals surface area contributed by atoms with E-state index in [1.165, 1.54) is 6.07 Å². The molecule has 0 aliphatic heterocycles. The van der Waals surface area contributed by atoms with Gasteiger partial charge in [-0.2, -0.15) is 0 Å². The lowest BCUT2D eigenvalue weighted by molar-refractivity contribution is 0.0960. The van der Waals surface area contributed by atoms with Gasteiger partial charge in [-0.3, -0.25) is 9.78 Å². The van der Waals surface area contributed by atoms with Crippen molar-refractivity contribution in [2.45, 2.75) is 19.8 Å². The minimum absolute atomic E-state index is 0.133. The molecule has 0 saturated heterocycles. The van der Waals surface area contributed by atoms with E-state index in [0.717, 1.165) is 5.56 Å². The maximum atomic E-state index is 13.7. The molecule has 1 aromatic carbocycles. The van der Waals surface area contributed by atoms with Gasteiger partial charge in [-0.15, -0.1) is 0 Å². The highest BCUT2D eigenvalue weighted by Crippen LogP contribution is 2.21. The third-order valence-corrected chi connectivity index (χ3v) is 2.91. The first kappa shape index (κ1) is 12.4. The van der Waals surface area contributed by atoms with E-state index in [1.807, 2.05) is 13.0 Å². The van der Waals surface area contributed by atoms with E-state index in [4.69, 9.17) is 0 Å². The first-order chi connectivity index (χ1) is 8.59. The Balaban J connectivity index is 2.34. The molecule has 2 nitrogen and oxygen atoms in total. The van der Waals surface area contributed by atoms with Crippen LogP contribution in [0.3, 0.4) is 0 Å². The van der Waals surface area contributed by atoms with E-state index in [0.29, 0.717) is 5.69 Å². The molecule has 1 heterocycles. The zero-order valence-electron chi connectivity index (χ0n) is 10.4. The van der Waals surface area contributed by atoms with Gasteiger partial charge in [0.25, 0.3) is 0 Å². The monoisotopic (exact) mass is 243 g/mol. The van der Waals surface area contributed by atoms with Gasteiger partial charge in [0.05, 0.1) is 17.2 Å². The number of Topliss-reactive ketones (excluding diaryl/α,β-unsaturated/α-hetero) is 1. The van der Waals surface area contributed by atoms with Crippen molar-refractivity contribution in [3.8, 4) is 0 Å². The van der Waals surface area contributed by atoms with Gasteiger partial charge >= 0.3 is 0 Å². The summed E-state index contributed by atoms with van der Waals surface area (Å²) in [6.07, 6.45) is 1.63. The highest BCUT2D eigenvalue weighted by Gasteiger charge is 2.21. The van der Waals surface area contributed by atoms with Gasteiger partial charge in [-0.25, -0.2) is 4.39 Å². The molecule has 0 amide bonds. The Kier molecular flexibility index (Phi) is 3.51. The lowest BCUT2D eigenvalue weighted by Gasteiger charge is -2.11. The SMILES string of the molecule is Cc1ccc(F)c(C(=O)C(C)c2ccccn2)c1. The maximum Gasteiger partial charge on any atom is 0.174 e. The lowest BCUT2D eigenvalue weighted by Crippen LogP contribution is -2.12. The summed E-state index contributed by atoms with van der Waals surface area (Å²) in [4.78, 5) is 16.4. The summed E-state index contributed by atoms with van der Waals surface area (Å²) < 4.78 is 13.7. The molecule has 0 fully saturated rings. The van der Waals surface area contributed by atoms with Gasteiger partial charge in [-0.05, 0) is 38.1 Å². The molecule has 92 valence electrons. The molecule has 0 N–H and O–H groups in total. The number of halogens is 1. The smallest absolute Gasteiger partial charge is 0.174 e. The largest absolute Gasteiger partial charge is 0.293 e. The molecule has 2 aromatic rings. The van der Waals surface area contributed by atoms with Crippen LogP contribution >= 0.6 is 0 Å². The highest BCUT2D eigenvalue weighted by atomic mass is 19.1. The summed E-state index contributed by atoms with van der Waals surface area (Å²) in [6.45, 7) is 3.58. The van der Waals surface area contributed by atoms with Crippen LogP contribution in [0.25, 0.3) is 0 Å². The van der Waals surface area contributed by atoms with E-state index in [9.17, 15) is 9.18 Å². The van der Waals surface area contributed by atoms with Crippen molar-refractivity contribution in [1.29, 1.82) is 0 Å². The molecule has 0 spiro atoms. The predicted molar refractivity (Wildman–Crippen MR) is 68.1 cm³/mol. The molecular weight excluding hydrogens is 229 g/mol. The Morgan fingerprint density at radius 1 is 1.28 bits per heavy atom. The maximum absolute atomic E-state index is 13.7. The van der Waals surface area contributed by atoms with Crippen molar-refractivity contribution in [1.82, 2.24) is 4.98 Å². The van der Waals surface area contributed by atoms with Crippen LogP contribution in [-0.4, -0.2) is 10.8 Å². The Bertz CT molecular complexity index is 566. The van der Waals surface area contributed by atoms with Crippen molar-refractivity contribution in [3.05, 3.63) is 65.2 Å². The molecule has 18 heavy (non-hydrogen) atoms. The molecule has 0 aliphatic carbocycles. The number of aryl methyl sites for hydroxylation is 1. The number of hydrogen-bond acceptors (Lipinski definition) is 2. The normalized spacial score (nSPS) is 12.2. The number of ketones is 1. The fourth-order valence-electron chi connectivity index (χ4n) is 1.83. The average molecular weight is 243 g/mol. The summed E-state index contributed by atoms with van der Waals surface area (Å²) in [5.74, 6) is -1.16. The van der Waals surface area contributed by atoms with Crippen LogP contribution in [0.2, 0.25) is 0 Å².